The molecule has 3 aliphatic rings. The molecule has 2 aromatic carbocycles. The first-order chi connectivity index (χ1) is 17.0. The van der Waals surface area contributed by atoms with E-state index in [1.807, 2.05) is 24.3 Å². The highest BCUT2D eigenvalue weighted by Gasteiger charge is 2.45. The van der Waals surface area contributed by atoms with Crippen LogP contribution in [0, 0.1) is 5.92 Å². The SMILES string of the molecule is O=C(O)CN(CC1CC1)C(=O)C1(NC(=O)OCC2c3ccccc3-c3ccccc32)CCCCC1. The molecule has 2 N–H and O–H groups in total. The molecule has 0 unspecified atom stereocenters. The van der Waals surface area contributed by atoms with Crippen molar-refractivity contribution >= 4 is 18.0 Å². The molecule has 0 saturated heterocycles. The lowest BCUT2D eigenvalue weighted by Gasteiger charge is -2.39. The molecule has 3 aliphatic carbocycles. The molecular weight excluding hydrogens is 444 g/mol. The molecule has 0 aromatic heterocycles. The molecule has 7 heteroatoms. The number of nitrogens with zero attached hydrogens (tertiary/aromatic N) is 1. The van der Waals surface area contributed by atoms with Crippen LogP contribution < -0.4 is 5.32 Å². The minimum atomic E-state index is -1.11. The standard InChI is InChI=1S/C28H32N2O5/c31-25(32)17-30(16-19-12-13-19)26(33)28(14-6-1-7-15-28)29-27(34)35-18-24-22-10-4-2-8-20(22)21-9-3-5-11-23(21)24/h2-5,8-11,19,24H,1,6-7,12-18H2,(H,29,34)(H,31,32). The van der Waals surface area contributed by atoms with Crippen molar-refractivity contribution < 1.29 is 24.2 Å². The Hall–Kier alpha value is -3.35. The topological polar surface area (TPSA) is 95.9 Å². The van der Waals surface area contributed by atoms with Crippen LogP contribution in [0.5, 0.6) is 0 Å². The van der Waals surface area contributed by atoms with E-state index >= 15 is 0 Å². The molecule has 0 aliphatic heterocycles. The first-order valence-corrected chi connectivity index (χ1v) is 12.6. The van der Waals surface area contributed by atoms with E-state index in [2.05, 4.69) is 29.6 Å². The second-order valence-electron chi connectivity index (χ2n) is 10.1. The molecule has 2 aromatic rings. The average molecular weight is 477 g/mol. The number of benzene rings is 2. The van der Waals surface area contributed by atoms with Gasteiger partial charge in [-0.15, -0.1) is 0 Å². The Morgan fingerprint density at radius 3 is 2.11 bits per heavy atom. The van der Waals surface area contributed by atoms with Crippen LogP contribution in [0.4, 0.5) is 4.79 Å². The molecular formula is C28H32N2O5. The van der Waals surface area contributed by atoms with Gasteiger partial charge in [-0.2, -0.15) is 0 Å². The van der Waals surface area contributed by atoms with Crippen molar-refractivity contribution in [2.45, 2.75) is 56.4 Å². The van der Waals surface area contributed by atoms with Crippen molar-refractivity contribution in [2.75, 3.05) is 19.7 Å². The molecule has 0 bridgehead atoms. The van der Waals surface area contributed by atoms with Crippen LogP contribution >= 0.6 is 0 Å². The van der Waals surface area contributed by atoms with Gasteiger partial charge in [-0.3, -0.25) is 9.59 Å². The van der Waals surface area contributed by atoms with Crippen molar-refractivity contribution in [2.24, 2.45) is 5.92 Å². The Morgan fingerprint density at radius 2 is 1.54 bits per heavy atom. The van der Waals surface area contributed by atoms with Crippen LogP contribution in [0.3, 0.4) is 0 Å². The smallest absolute Gasteiger partial charge is 0.408 e. The van der Waals surface area contributed by atoms with Crippen LogP contribution in [-0.2, 0) is 14.3 Å². The predicted molar refractivity (Wildman–Crippen MR) is 131 cm³/mol. The zero-order valence-corrected chi connectivity index (χ0v) is 19.9. The molecule has 7 nitrogen and oxygen atoms in total. The van der Waals surface area contributed by atoms with Crippen molar-refractivity contribution in [3.63, 3.8) is 0 Å². The molecule has 0 atom stereocenters. The molecule has 35 heavy (non-hydrogen) atoms. The maximum Gasteiger partial charge on any atom is 0.408 e. The highest BCUT2D eigenvalue weighted by Crippen LogP contribution is 2.44. The van der Waals surface area contributed by atoms with E-state index in [1.54, 1.807) is 0 Å². The summed E-state index contributed by atoms with van der Waals surface area (Å²) in [6.45, 7) is 0.258. The second-order valence-corrected chi connectivity index (χ2v) is 10.1. The molecule has 0 radical (unpaired) electrons. The number of carbonyl (C=O) groups is 3. The summed E-state index contributed by atoms with van der Waals surface area (Å²) in [7, 11) is 0. The lowest BCUT2D eigenvalue weighted by molar-refractivity contribution is -0.148. The second kappa shape index (κ2) is 9.72. The number of carboxylic acids is 1. The molecule has 184 valence electrons. The molecule has 2 saturated carbocycles. The Balaban J connectivity index is 1.30. The first kappa shape index (κ1) is 23.4. The van der Waals surface area contributed by atoms with Gasteiger partial charge in [0.25, 0.3) is 0 Å². The van der Waals surface area contributed by atoms with Gasteiger partial charge >= 0.3 is 12.1 Å². The Morgan fingerprint density at radius 1 is 0.943 bits per heavy atom. The molecule has 5 rings (SSSR count). The fraction of sp³-hybridized carbons (Fsp3) is 0.464. The van der Waals surface area contributed by atoms with Crippen LogP contribution in [0.25, 0.3) is 11.1 Å². The first-order valence-electron chi connectivity index (χ1n) is 12.6. The van der Waals surface area contributed by atoms with Gasteiger partial charge in [0.1, 0.15) is 18.7 Å². The number of carboxylic acid groups (broad SMARTS) is 1. The number of ether oxygens (including phenoxy) is 1. The predicted octanol–water partition coefficient (Wildman–Crippen LogP) is 4.55. The number of aliphatic carboxylic acids is 1. The number of amides is 2. The maximum absolute atomic E-state index is 13.6. The van der Waals surface area contributed by atoms with Crippen LogP contribution in [0.1, 0.15) is 62.0 Å². The van der Waals surface area contributed by atoms with E-state index in [4.69, 9.17) is 4.74 Å². The summed E-state index contributed by atoms with van der Waals surface area (Å²) in [5, 5.41) is 12.3. The summed E-state index contributed by atoms with van der Waals surface area (Å²) < 4.78 is 5.73. The molecule has 2 fully saturated rings. The molecule has 0 spiro atoms. The quantitative estimate of drug-likeness (QED) is 0.583. The minimum absolute atomic E-state index is 0.0652. The Kier molecular flexibility index (Phi) is 6.50. The minimum Gasteiger partial charge on any atom is -0.480 e. The van der Waals surface area contributed by atoms with Gasteiger partial charge in [0, 0.05) is 12.5 Å². The third-order valence-electron chi connectivity index (χ3n) is 7.59. The van der Waals surface area contributed by atoms with Crippen molar-refractivity contribution in [1.29, 1.82) is 0 Å². The fourth-order valence-corrected chi connectivity index (χ4v) is 5.67. The van der Waals surface area contributed by atoms with Gasteiger partial charge < -0.3 is 20.1 Å². The zero-order chi connectivity index (χ0) is 24.4. The van der Waals surface area contributed by atoms with Gasteiger partial charge in [-0.05, 0) is 53.9 Å². The van der Waals surface area contributed by atoms with Gasteiger partial charge in [-0.1, -0.05) is 67.8 Å². The van der Waals surface area contributed by atoms with Crippen LogP contribution in [-0.4, -0.2) is 53.2 Å². The van der Waals surface area contributed by atoms with E-state index in [0.29, 0.717) is 25.3 Å². The summed E-state index contributed by atoms with van der Waals surface area (Å²) in [6.07, 6.45) is 4.99. The largest absolute Gasteiger partial charge is 0.480 e. The highest BCUT2D eigenvalue weighted by atomic mass is 16.5. The van der Waals surface area contributed by atoms with Gasteiger partial charge in [0.2, 0.25) is 5.91 Å². The highest BCUT2D eigenvalue weighted by molar-refractivity contribution is 5.92. The Labute approximate surface area is 205 Å². The summed E-state index contributed by atoms with van der Waals surface area (Å²) >= 11 is 0. The number of alkyl carbamates (subject to hydrolysis) is 1. The van der Waals surface area contributed by atoms with Gasteiger partial charge in [0.15, 0.2) is 0 Å². The third kappa shape index (κ3) is 4.90. The van der Waals surface area contributed by atoms with Crippen molar-refractivity contribution in [3.8, 4) is 11.1 Å². The number of rotatable bonds is 8. The Bertz CT molecular complexity index is 1070. The molecule has 2 amide bonds. The number of nitrogens with one attached hydrogen (secondary N) is 1. The van der Waals surface area contributed by atoms with E-state index < -0.39 is 17.6 Å². The van der Waals surface area contributed by atoms with Crippen molar-refractivity contribution in [1.82, 2.24) is 10.2 Å². The van der Waals surface area contributed by atoms with Crippen LogP contribution in [0.2, 0.25) is 0 Å². The average Bonchev–Trinajstić information content (AvgIpc) is 3.62. The van der Waals surface area contributed by atoms with E-state index in [-0.39, 0.29) is 25.0 Å². The summed E-state index contributed by atoms with van der Waals surface area (Å²) in [4.78, 5) is 39.6. The van der Waals surface area contributed by atoms with Gasteiger partial charge in [0.05, 0.1) is 0 Å². The molecule has 0 heterocycles. The number of hydrogen-bond donors (Lipinski definition) is 2. The lowest BCUT2D eigenvalue weighted by Crippen LogP contribution is -2.61. The summed E-state index contributed by atoms with van der Waals surface area (Å²) in [6, 6.07) is 16.3. The maximum atomic E-state index is 13.6. The lowest BCUT2D eigenvalue weighted by atomic mass is 9.80. The summed E-state index contributed by atoms with van der Waals surface area (Å²) in [5.41, 5.74) is 3.45. The van der Waals surface area contributed by atoms with E-state index in [1.165, 1.54) is 4.90 Å². The number of carbonyl (C=O) groups excluding carboxylic acids is 2. The van der Waals surface area contributed by atoms with Crippen LogP contribution in [0.15, 0.2) is 48.5 Å². The monoisotopic (exact) mass is 476 g/mol. The summed E-state index contributed by atoms with van der Waals surface area (Å²) in [5.74, 6) is -1.04. The van der Waals surface area contributed by atoms with E-state index in [9.17, 15) is 19.5 Å². The third-order valence-corrected chi connectivity index (χ3v) is 7.59. The van der Waals surface area contributed by atoms with Crippen molar-refractivity contribution in [3.05, 3.63) is 59.7 Å². The number of fused-ring (bicyclic) bond motifs is 3. The zero-order valence-electron chi connectivity index (χ0n) is 19.9. The van der Waals surface area contributed by atoms with Gasteiger partial charge in [-0.25, -0.2) is 4.79 Å². The normalized spacial score (nSPS) is 18.3. The number of hydrogen-bond acceptors (Lipinski definition) is 4. The van der Waals surface area contributed by atoms with E-state index in [0.717, 1.165) is 54.4 Å². The fourth-order valence-electron chi connectivity index (χ4n) is 5.67.